The number of nitrogens with zero attached hydrogens (tertiary/aromatic N) is 1. The molecule has 0 fully saturated rings. The van der Waals surface area contributed by atoms with Crippen LogP contribution in [-0.2, 0) is 14.8 Å². The average molecular weight is 424 g/mol. The number of carbonyl (C=O) groups is 2. The van der Waals surface area contributed by atoms with Crippen LogP contribution in [-0.4, -0.2) is 44.2 Å². The number of benzene rings is 2. The molecular weight excluding hydrogens is 402 g/mol. The second kappa shape index (κ2) is 9.32. The second-order valence-corrected chi connectivity index (χ2v) is 8.44. The summed E-state index contributed by atoms with van der Waals surface area (Å²) in [6.45, 7) is 5.48. The largest absolute Gasteiger partial charge is 0.454 e. The van der Waals surface area contributed by atoms with Crippen molar-refractivity contribution in [3.63, 3.8) is 0 Å². The number of aryl methyl sites for hydroxylation is 1. The Morgan fingerprint density at radius 2 is 1.64 bits per heavy atom. The monoisotopic (exact) mass is 423 g/mol. The SMILES string of the molecule is CCN(CC)S(=O)(=O)c1ccc(Cl)c(C(=O)OCC(=O)c2ccc(C)cc2)c1. The highest BCUT2D eigenvalue weighted by Crippen LogP contribution is 2.24. The molecule has 28 heavy (non-hydrogen) atoms. The molecule has 0 saturated carbocycles. The number of Topliss-reactive ketones (excluding diaryl/α,β-unsaturated/α-hetero) is 1. The minimum absolute atomic E-state index is 0.0475. The van der Waals surface area contributed by atoms with E-state index in [0.29, 0.717) is 18.7 Å². The molecule has 0 radical (unpaired) electrons. The summed E-state index contributed by atoms with van der Waals surface area (Å²) in [5, 5.41) is 0.0475. The maximum Gasteiger partial charge on any atom is 0.340 e. The highest BCUT2D eigenvalue weighted by Gasteiger charge is 2.24. The Morgan fingerprint density at radius 1 is 1.04 bits per heavy atom. The number of ether oxygens (including phenoxy) is 1. The van der Waals surface area contributed by atoms with Crippen LogP contribution in [0.5, 0.6) is 0 Å². The maximum atomic E-state index is 12.6. The Kier molecular flexibility index (Phi) is 7.35. The maximum absolute atomic E-state index is 12.6. The third kappa shape index (κ3) is 4.98. The predicted molar refractivity (Wildman–Crippen MR) is 107 cm³/mol. The van der Waals surface area contributed by atoms with Crippen LogP contribution in [0.4, 0.5) is 0 Å². The fourth-order valence-electron chi connectivity index (χ4n) is 2.57. The fraction of sp³-hybridized carbons (Fsp3) is 0.300. The first-order chi connectivity index (χ1) is 13.2. The summed E-state index contributed by atoms with van der Waals surface area (Å²) in [6, 6.07) is 10.7. The van der Waals surface area contributed by atoms with Gasteiger partial charge in [-0.1, -0.05) is 55.3 Å². The Morgan fingerprint density at radius 3 is 2.21 bits per heavy atom. The van der Waals surface area contributed by atoms with Gasteiger partial charge in [-0.05, 0) is 25.1 Å². The van der Waals surface area contributed by atoms with Crippen molar-refractivity contribution in [2.24, 2.45) is 0 Å². The molecule has 0 aromatic heterocycles. The van der Waals surface area contributed by atoms with Gasteiger partial charge in [-0.15, -0.1) is 0 Å². The molecule has 8 heteroatoms. The molecule has 0 aliphatic rings. The smallest absolute Gasteiger partial charge is 0.340 e. The lowest BCUT2D eigenvalue weighted by atomic mass is 10.1. The topological polar surface area (TPSA) is 80.8 Å². The first-order valence-corrected chi connectivity index (χ1v) is 10.6. The molecule has 0 aliphatic carbocycles. The second-order valence-electron chi connectivity index (χ2n) is 6.10. The van der Waals surface area contributed by atoms with Gasteiger partial charge in [0.1, 0.15) is 0 Å². The van der Waals surface area contributed by atoms with E-state index in [-0.39, 0.29) is 21.3 Å². The Labute approximate surface area is 170 Å². The first kappa shape index (κ1) is 22.1. The molecule has 0 N–H and O–H groups in total. The molecule has 0 saturated heterocycles. The number of halogens is 1. The van der Waals surface area contributed by atoms with Crippen molar-refractivity contribution < 1.29 is 22.7 Å². The highest BCUT2D eigenvalue weighted by molar-refractivity contribution is 7.89. The molecule has 0 aliphatic heterocycles. The zero-order valence-corrected chi connectivity index (χ0v) is 17.5. The summed E-state index contributed by atoms with van der Waals surface area (Å²) in [7, 11) is -3.75. The van der Waals surface area contributed by atoms with Gasteiger partial charge in [-0.25, -0.2) is 13.2 Å². The van der Waals surface area contributed by atoms with Gasteiger partial charge in [0.25, 0.3) is 0 Å². The minimum atomic E-state index is -3.75. The van der Waals surface area contributed by atoms with Gasteiger partial charge in [0, 0.05) is 18.7 Å². The molecule has 2 aromatic rings. The molecule has 0 atom stereocenters. The van der Waals surface area contributed by atoms with E-state index < -0.39 is 22.6 Å². The summed E-state index contributed by atoms with van der Waals surface area (Å²) in [6.07, 6.45) is 0. The molecule has 2 aromatic carbocycles. The van der Waals surface area contributed by atoms with Gasteiger partial charge in [0.2, 0.25) is 10.0 Å². The zero-order chi connectivity index (χ0) is 20.9. The molecular formula is C20H22ClNO5S. The van der Waals surface area contributed by atoms with E-state index >= 15 is 0 Å². The normalized spacial score (nSPS) is 11.5. The summed E-state index contributed by atoms with van der Waals surface area (Å²) < 4.78 is 31.6. The lowest BCUT2D eigenvalue weighted by Crippen LogP contribution is -2.30. The van der Waals surface area contributed by atoms with Gasteiger partial charge in [0.15, 0.2) is 12.4 Å². The lowest BCUT2D eigenvalue weighted by Gasteiger charge is -2.19. The van der Waals surface area contributed by atoms with Crippen LogP contribution in [0.1, 0.15) is 40.1 Å². The summed E-state index contributed by atoms with van der Waals surface area (Å²) in [5.41, 5.74) is 1.32. The minimum Gasteiger partial charge on any atom is -0.454 e. The van der Waals surface area contributed by atoms with Crippen LogP contribution in [0.25, 0.3) is 0 Å². The Hall–Kier alpha value is -2.22. The van der Waals surface area contributed by atoms with Gasteiger partial charge < -0.3 is 4.74 Å². The van der Waals surface area contributed by atoms with E-state index in [0.717, 1.165) is 5.56 Å². The van der Waals surface area contributed by atoms with E-state index in [4.69, 9.17) is 16.3 Å². The molecule has 0 heterocycles. The number of carbonyl (C=O) groups excluding carboxylic acids is 2. The van der Waals surface area contributed by atoms with Gasteiger partial charge in [0.05, 0.1) is 15.5 Å². The molecule has 0 unspecified atom stereocenters. The zero-order valence-electron chi connectivity index (χ0n) is 15.9. The van der Waals surface area contributed by atoms with Crippen LogP contribution in [0, 0.1) is 6.92 Å². The van der Waals surface area contributed by atoms with E-state index in [1.807, 2.05) is 6.92 Å². The number of rotatable bonds is 8. The predicted octanol–water partition coefficient (Wildman–Crippen LogP) is 3.72. The van der Waals surface area contributed by atoms with Crippen molar-refractivity contribution in [2.75, 3.05) is 19.7 Å². The number of hydrogen-bond acceptors (Lipinski definition) is 5. The Bertz CT molecular complexity index is 967. The van der Waals surface area contributed by atoms with Gasteiger partial charge >= 0.3 is 5.97 Å². The van der Waals surface area contributed by atoms with Gasteiger partial charge in [-0.3, -0.25) is 4.79 Å². The molecule has 0 bridgehead atoms. The van der Waals surface area contributed by atoms with Gasteiger partial charge in [-0.2, -0.15) is 4.31 Å². The van der Waals surface area contributed by atoms with E-state index in [2.05, 4.69) is 0 Å². The third-order valence-corrected chi connectivity index (χ3v) is 6.58. The molecule has 2 rings (SSSR count). The van der Waals surface area contributed by atoms with Crippen molar-refractivity contribution in [1.29, 1.82) is 0 Å². The fourth-order valence-corrected chi connectivity index (χ4v) is 4.24. The van der Waals surface area contributed by atoms with Crippen molar-refractivity contribution in [2.45, 2.75) is 25.7 Å². The van der Waals surface area contributed by atoms with Crippen molar-refractivity contribution in [1.82, 2.24) is 4.31 Å². The summed E-state index contributed by atoms with van der Waals surface area (Å²) >= 11 is 6.04. The van der Waals surface area contributed by atoms with Crippen LogP contribution in [0.3, 0.4) is 0 Å². The number of hydrogen-bond donors (Lipinski definition) is 0. The molecule has 150 valence electrons. The average Bonchev–Trinajstić information content (AvgIpc) is 2.67. The third-order valence-electron chi connectivity index (χ3n) is 4.21. The molecule has 0 spiro atoms. The highest BCUT2D eigenvalue weighted by atomic mass is 35.5. The van der Waals surface area contributed by atoms with Crippen LogP contribution >= 0.6 is 11.6 Å². The summed E-state index contributed by atoms with van der Waals surface area (Å²) in [4.78, 5) is 24.5. The van der Waals surface area contributed by atoms with Crippen LogP contribution < -0.4 is 0 Å². The van der Waals surface area contributed by atoms with Crippen molar-refractivity contribution >= 4 is 33.4 Å². The number of sulfonamides is 1. The van der Waals surface area contributed by atoms with E-state index in [1.54, 1.807) is 38.1 Å². The van der Waals surface area contributed by atoms with E-state index in [9.17, 15) is 18.0 Å². The van der Waals surface area contributed by atoms with Crippen LogP contribution in [0.15, 0.2) is 47.4 Å². The molecule has 6 nitrogen and oxygen atoms in total. The molecule has 0 amide bonds. The van der Waals surface area contributed by atoms with E-state index in [1.165, 1.54) is 22.5 Å². The first-order valence-electron chi connectivity index (χ1n) is 8.77. The number of esters is 1. The van der Waals surface area contributed by atoms with Crippen molar-refractivity contribution in [3.8, 4) is 0 Å². The summed E-state index contributed by atoms with van der Waals surface area (Å²) in [5.74, 6) is -1.22. The standard InChI is InChI=1S/C20H22ClNO5S/c1-4-22(5-2)28(25,26)16-10-11-18(21)17(12-16)20(24)27-13-19(23)15-8-6-14(3)7-9-15/h6-12H,4-5,13H2,1-3H3. The lowest BCUT2D eigenvalue weighted by molar-refractivity contribution is 0.0474. The quantitative estimate of drug-likeness (QED) is 0.477. The van der Waals surface area contributed by atoms with Crippen molar-refractivity contribution in [3.05, 3.63) is 64.2 Å². The van der Waals surface area contributed by atoms with Crippen LogP contribution in [0.2, 0.25) is 5.02 Å². The number of ketones is 1. The Balaban J connectivity index is 2.19.